The molecule has 1 aliphatic heterocycles. The Morgan fingerprint density at radius 1 is 1.56 bits per heavy atom. The standard InChI is InChI=1S/C12H19N3O/c1-10-13-5-3-12(14-10)11-4-6-15(9-11)7-8-16-2/h3,5,11H,4,6-9H2,1-2H3. The third-order valence-corrected chi connectivity index (χ3v) is 3.10. The quantitative estimate of drug-likeness (QED) is 0.766. The Morgan fingerprint density at radius 2 is 2.44 bits per heavy atom. The molecule has 0 amide bonds. The summed E-state index contributed by atoms with van der Waals surface area (Å²) in [4.78, 5) is 11.1. The highest BCUT2D eigenvalue weighted by molar-refractivity contribution is 5.10. The normalized spacial score (nSPS) is 21.5. The van der Waals surface area contributed by atoms with Crippen LogP contribution in [0.2, 0.25) is 0 Å². The SMILES string of the molecule is COCCN1CCC(c2ccnc(C)n2)C1. The summed E-state index contributed by atoms with van der Waals surface area (Å²) in [6.07, 6.45) is 3.05. The lowest BCUT2D eigenvalue weighted by molar-refractivity contribution is 0.160. The third-order valence-electron chi connectivity index (χ3n) is 3.10. The van der Waals surface area contributed by atoms with Crippen LogP contribution in [0.1, 0.15) is 23.9 Å². The van der Waals surface area contributed by atoms with Gasteiger partial charge in [0.1, 0.15) is 5.82 Å². The number of aryl methyl sites for hydroxylation is 1. The predicted octanol–water partition coefficient (Wildman–Crippen LogP) is 1.22. The molecule has 16 heavy (non-hydrogen) atoms. The van der Waals surface area contributed by atoms with Gasteiger partial charge in [-0.05, 0) is 26.0 Å². The summed E-state index contributed by atoms with van der Waals surface area (Å²) in [7, 11) is 1.75. The number of ether oxygens (including phenoxy) is 1. The second-order valence-electron chi connectivity index (χ2n) is 4.31. The number of nitrogens with zero attached hydrogens (tertiary/aromatic N) is 3. The fraction of sp³-hybridized carbons (Fsp3) is 0.667. The number of rotatable bonds is 4. The highest BCUT2D eigenvalue weighted by Crippen LogP contribution is 2.25. The van der Waals surface area contributed by atoms with Gasteiger partial charge in [0.2, 0.25) is 0 Å². The maximum Gasteiger partial charge on any atom is 0.125 e. The molecule has 1 saturated heterocycles. The van der Waals surface area contributed by atoms with Crippen molar-refractivity contribution in [1.29, 1.82) is 0 Å². The van der Waals surface area contributed by atoms with E-state index in [9.17, 15) is 0 Å². The van der Waals surface area contributed by atoms with E-state index < -0.39 is 0 Å². The Morgan fingerprint density at radius 3 is 3.19 bits per heavy atom. The molecule has 0 N–H and O–H groups in total. The minimum atomic E-state index is 0.568. The molecule has 0 saturated carbocycles. The molecule has 0 aromatic carbocycles. The zero-order valence-electron chi connectivity index (χ0n) is 10.0. The topological polar surface area (TPSA) is 38.2 Å². The second-order valence-corrected chi connectivity index (χ2v) is 4.31. The Kier molecular flexibility index (Phi) is 3.85. The zero-order chi connectivity index (χ0) is 11.4. The van der Waals surface area contributed by atoms with Crippen molar-refractivity contribution in [2.24, 2.45) is 0 Å². The van der Waals surface area contributed by atoms with E-state index in [-0.39, 0.29) is 0 Å². The van der Waals surface area contributed by atoms with Crippen molar-refractivity contribution in [1.82, 2.24) is 14.9 Å². The molecule has 88 valence electrons. The van der Waals surface area contributed by atoms with Crippen LogP contribution in [-0.4, -0.2) is 48.2 Å². The summed E-state index contributed by atoms with van der Waals surface area (Å²) in [5, 5.41) is 0. The van der Waals surface area contributed by atoms with Gasteiger partial charge in [0.05, 0.1) is 6.61 Å². The molecule has 0 aliphatic carbocycles. The van der Waals surface area contributed by atoms with Crippen molar-refractivity contribution in [2.75, 3.05) is 33.4 Å². The Balaban J connectivity index is 1.93. The van der Waals surface area contributed by atoms with Gasteiger partial charge in [-0.2, -0.15) is 0 Å². The van der Waals surface area contributed by atoms with E-state index in [2.05, 4.69) is 14.9 Å². The molecule has 2 rings (SSSR count). The fourth-order valence-electron chi connectivity index (χ4n) is 2.20. The molecular weight excluding hydrogens is 202 g/mol. The van der Waals surface area contributed by atoms with Gasteiger partial charge in [-0.3, -0.25) is 0 Å². The van der Waals surface area contributed by atoms with Crippen LogP contribution in [0.3, 0.4) is 0 Å². The lowest BCUT2D eigenvalue weighted by atomic mass is 10.1. The second kappa shape index (κ2) is 5.37. The molecule has 0 radical (unpaired) electrons. The van der Waals surface area contributed by atoms with E-state index in [4.69, 9.17) is 4.74 Å². The van der Waals surface area contributed by atoms with Gasteiger partial charge in [-0.1, -0.05) is 0 Å². The Hall–Kier alpha value is -1.00. The van der Waals surface area contributed by atoms with Gasteiger partial charge in [0.15, 0.2) is 0 Å². The average molecular weight is 221 g/mol. The van der Waals surface area contributed by atoms with Gasteiger partial charge < -0.3 is 9.64 Å². The van der Waals surface area contributed by atoms with Crippen molar-refractivity contribution < 1.29 is 4.74 Å². The lowest BCUT2D eigenvalue weighted by Crippen LogP contribution is -2.24. The van der Waals surface area contributed by atoms with Gasteiger partial charge in [-0.15, -0.1) is 0 Å². The van der Waals surface area contributed by atoms with Crippen LogP contribution < -0.4 is 0 Å². The summed E-state index contributed by atoms with van der Waals surface area (Å²) in [5.74, 6) is 1.44. The maximum absolute atomic E-state index is 5.10. The molecule has 1 unspecified atom stereocenters. The monoisotopic (exact) mass is 221 g/mol. The summed E-state index contributed by atoms with van der Waals surface area (Å²) >= 11 is 0. The lowest BCUT2D eigenvalue weighted by Gasteiger charge is -2.15. The first-order chi connectivity index (χ1) is 7.79. The highest BCUT2D eigenvalue weighted by Gasteiger charge is 2.24. The number of aromatic nitrogens is 2. The predicted molar refractivity (Wildman–Crippen MR) is 62.4 cm³/mol. The molecular formula is C12H19N3O. The average Bonchev–Trinajstić information content (AvgIpc) is 2.75. The molecule has 4 heteroatoms. The molecule has 1 fully saturated rings. The number of likely N-dealkylation sites (tertiary alicyclic amines) is 1. The summed E-state index contributed by atoms with van der Waals surface area (Å²) in [5.41, 5.74) is 1.19. The minimum absolute atomic E-state index is 0.568. The number of methoxy groups -OCH3 is 1. The smallest absolute Gasteiger partial charge is 0.125 e. The van der Waals surface area contributed by atoms with Crippen LogP contribution in [0, 0.1) is 6.92 Å². The van der Waals surface area contributed by atoms with Crippen molar-refractivity contribution in [3.8, 4) is 0 Å². The van der Waals surface area contributed by atoms with Crippen molar-refractivity contribution in [3.05, 3.63) is 23.8 Å². The van der Waals surface area contributed by atoms with E-state index in [0.717, 1.165) is 32.1 Å². The van der Waals surface area contributed by atoms with Crippen LogP contribution in [-0.2, 0) is 4.74 Å². The molecule has 0 bridgehead atoms. The first-order valence-corrected chi connectivity index (χ1v) is 5.80. The highest BCUT2D eigenvalue weighted by atomic mass is 16.5. The number of hydrogen-bond donors (Lipinski definition) is 0. The first-order valence-electron chi connectivity index (χ1n) is 5.80. The molecule has 1 atom stereocenters. The Bertz CT molecular complexity index is 343. The van der Waals surface area contributed by atoms with E-state index in [0.29, 0.717) is 5.92 Å². The third kappa shape index (κ3) is 2.77. The van der Waals surface area contributed by atoms with Crippen LogP contribution in [0.25, 0.3) is 0 Å². The van der Waals surface area contributed by atoms with E-state index in [1.54, 1.807) is 7.11 Å². The largest absolute Gasteiger partial charge is 0.383 e. The summed E-state index contributed by atoms with van der Waals surface area (Å²) < 4.78 is 5.10. The summed E-state index contributed by atoms with van der Waals surface area (Å²) in [6.45, 7) is 6.03. The van der Waals surface area contributed by atoms with Crippen molar-refractivity contribution in [3.63, 3.8) is 0 Å². The van der Waals surface area contributed by atoms with Crippen LogP contribution in [0.5, 0.6) is 0 Å². The van der Waals surface area contributed by atoms with Crippen molar-refractivity contribution in [2.45, 2.75) is 19.3 Å². The van der Waals surface area contributed by atoms with Gasteiger partial charge in [-0.25, -0.2) is 9.97 Å². The van der Waals surface area contributed by atoms with Gasteiger partial charge >= 0.3 is 0 Å². The molecule has 2 heterocycles. The van der Waals surface area contributed by atoms with Crippen LogP contribution in [0.4, 0.5) is 0 Å². The fourth-order valence-corrected chi connectivity index (χ4v) is 2.20. The molecule has 1 aliphatic rings. The first kappa shape index (κ1) is 11.5. The van der Waals surface area contributed by atoms with E-state index in [1.807, 2.05) is 19.2 Å². The van der Waals surface area contributed by atoms with E-state index in [1.165, 1.54) is 12.1 Å². The maximum atomic E-state index is 5.10. The van der Waals surface area contributed by atoms with E-state index >= 15 is 0 Å². The van der Waals surface area contributed by atoms with Gasteiger partial charge in [0.25, 0.3) is 0 Å². The molecule has 0 spiro atoms. The Labute approximate surface area is 96.7 Å². The van der Waals surface area contributed by atoms with Gasteiger partial charge in [0, 0.05) is 38.0 Å². The van der Waals surface area contributed by atoms with Crippen molar-refractivity contribution >= 4 is 0 Å². The van der Waals surface area contributed by atoms with Crippen LogP contribution >= 0.6 is 0 Å². The van der Waals surface area contributed by atoms with Crippen LogP contribution in [0.15, 0.2) is 12.3 Å². The summed E-state index contributed by atoms with van der Waals surface area (Å²) in [6, 6.07) is 2.04. The number of hydrogen-bond acceptors (Lipinski definition) is 4. The molecule has 1 aromatic heterocycles. The molecule has 1 aromatic rings. The minimum Gasteiger partial charge on any atom is -0.383 e. The molecule has 4 nitrogen and oxygen atoms in total. The zero-order valence-corrected chi connectivity index (χ0v) is 10.0.